The van der Waals surface area contributed by atoms with E-state index in [-0.39, 0.29) is 42.1 Å². The van der Waals surface area contributed by atoms with Crippen molar-refractivity contribution in [1.82, 2.24) is 5.32 Å². The van der Waals surface area contributed by atoms with Crippen LogP contribution in [0.3, 0.4) is 0 Å². The minimum atomic E-state index is -6.16. The van der Waals surface area contributed by atoms with Crippen LogP contribution in [0.1, 0.15) is 48.1 Å². The summed E-state index contributed by atoms with van der Waals surface area (Å²) in [6.45, 7) is 3.16. The van der Waals surface area contributed by atoms with Crippen LogP contribution in [0.15, 0.2) is 71.6 Å². The molecule has 0 aliphatic carbocycles. The maximum absolute atomic E-state index is 14.1. The van der Waals surface area contributed by atoms with Crippen LogP contribution in [0.4, 0.5) is 42.5 Å². The molecule has 3 aromatic carbocycles. The van der Waals surface area contributed by atoms with Crippen molar-refractivity contribution >= 4 is 33.4 Å². The van der Waals surface area contributed by atoms with Gasteiger partial charge in [0.1, 0.15) is 6.10 Å². The highest BCUT2D eigenvalue weighted by Gasteiger charge is 2.71. The van der Waals surface area contributed by atoms with Gasteiger partial charge in [-0.05, 0) is 56.5 Å². The Bertz CT molecular complexity index is 1850. The van der Waals surface area contributed by atoms with Crippen molar-refractivity contribution in [2.45, 2.75) is 74.1 Å². The lowest BCUT2D eigenvalue weighted by Gasteiger charge is -2.40. The molecule has 0 fully saturated rings. The van der Waals surface area contributed by atoms with E-state index in [1.807, 2.05) is 0 Å². The molecule has 10 nitrogen and oxygen atoms in total. The van der Waals surface area contributed by atoms with Crippen molar-refractivity contribution in [3.8, 4) is 0 Å². The number of carbonyl (C=O) groups excluding carboxylic acids is 2. The number of ether oxygens (including phenoxy) is 1. The summed E-state index contributed by atoms with van der Waals surface area (Å²) in [6.07, 6.45) is -15.3. The van der Waals surface area contributed by atoms with Gasteiger partial charge in [0, 0.05) is 17.5 Å². The van der Waals surface area contributed by atoms with E-state index in [0.29, 0.717) is 28.9 Å². The molecule has 17 heteroatoms. The number of rotatable bonds is 7. The summed E-state index contributed by atoms with van der Waals surface area (Å²) in [6, 6.07) is 11.3. The van der Waals surface area contributed by atoms with Crippen LogP contribution < -0.4 is 14.5 Å². The second kappa shape index (κ2) is 13.4. The van der Waals surface area contributed by atoms with Crippen LogP contribution in [0.2, 0.25) is 0 Å². The van der Waals surface area contributed by atoms with Gasteiger partial charge in [0.25, 0.3) is 15.6 Å². The average Bonchev–Trinajstić information content (AvgIpc) is 3.04. The molecule has 0 spiro atoms. The number of fused-ring (bicyclic) bond motifs is 2. The Morgan fingerprint density at radius 2 is 1.60 bits per heavy atom. The molecule has 2 heterocycles. The first-order valence-corrected chi connectivity index (χ1v) is 16.9. The fourth-order valence-electron chi connectivity index (χ4n) is 6.26. The third-order valence-electron chi connectivity index (χ3n) is 8.77. The highest BCUT2D eigenvalue weighted by Crippen LogP contribution is 2.51. The number of hydrogen-bond acceptors (Lipinski definition) is 7. The molecule has 5 rings (SSSR count). The number of nitrogens with one attached hydrogen (secondary N) is 1. The van der Waals surface area contributed by atoms with Gasteiger partial charge in [-0.2, -0.15) is 26.3 Å². The first kappa shape index (κ1) is 36.9. The van der Waals surface area contributed by atoms with Gasteiger partial charge in [-0.25, -0.2) is 13.2 Å². The van der Waals surface area contributed by atoms with E-state index < -0.39 is 70.1 Å². The standard InChI is InChI=1S/C33H33F6N3O7S/c1-3-49-30(45)41-18-25(29(44)24-6-4-5-7-27(24)41)40-28(43)17-22-12-10-20-16-21(31(46,32(34,35)36)33(37,38)39)11-15-26(20)42(22)50(47,48)23-13-8-19(2)9-14-23/h4-9,11,13-16,22,25,29,44,46H,3,10,12,17-18H2,1-2H3,(H,40,43)/t22-,25?,29?/m0/s1. The van der Waals surface area contributed by atoms with Gasteiger partial charge in [-0.15, -0.1) is 0 Å². The fourth-order valence-corrected chi connectivity index (χ4v) is 7.97. The number of aliphatic hydroxyl groups is 2. The summed E-state index contributed by atoms with van der Waals surface area (Å²) in [4.78, 5) is 27.3. The highest BCUT2D eigenvalue weighted by atomic mass is 32.2. The van der Waals surface area contributed by atoms with Crippen molar-refractivity contribution < 1.29 is 59.3 Å². The summed E-state index contributed by atoms with van der Waals surface area (Å²) in [5.74, 6) is -0.755. The summed E-state index contributed by atoms with van der Waals surface area (Å²) in [5.41, 5.74) is -5.89. The van der Waals surface area contributed by atoms with Crippen molar-refractivity contribution in [2.24, 2.45) is 0 Å². The monoisotopic (exact) mass is 729 g/mol. The Morgan fingerprint density at radius 3 is 2.22 bits per heavy atom. The molecule has 0 bridgehead atoms. The van der Waals surface area contributed by atoms with E-state index in [1.54, 1.807) is 38.1 Å². The lowest BCUT2D eigenvalue weighted by molar-refractivity contribution is -0.376. The Morgan fingerprint density at radius 1 is 0.960 bits per heavy atom. The van der Waals surface area contributed by atoms with Crippen molar-refractivity contribution in [3.05, 3.63) is 89.0 Å². The van der Waals surface area contributed by atoms with Crippen molar-refractivity contribution in [3.63, 3.8) is 0 Å². The summed E-state index contributed by atoms with van der Waals surface area (Å²) in [7, 11) is -4.57. The first-order chi connectivity index (χ1) is 23.3. The maximum atomic E-state index is 14.1. The largest absolute Gasteiger partial charge is 0.449 e. The molecule has 0 saturated carbocycles. The maximum Gasteiger partial charge on any atom is 0.430 e. The van der Waals surface area contributed by atoms with Crippen molar-refractivity contribution in [1.29, 1.82) is 0 Å². The molecule has 2 aliphatic rings. The normalized spacial score (nSPS) is 19.8. The second-order valence-electron chi connectivity index (χ2n) is 12.0. The lowest BCUT2D eigenvalue weighted by atomic mass is 9.87. The number of benzene rings is 3. The van der Waals surface area contributed by atoms with E-state index >= 15 is 0 Å². The van der Waals surface area contributed by atoms with Gasteiger partial charge < -0.3 is 20.3 Å². The second-order valence-corrected chi connectivity index (χ2v) is 13.9. The number of carbonyl (C=O) groups is 2. The van der Waals surface area contributed by atoms with E-state index in [9.17, 15) is 54.6 Å². The number of alkyl halides is 6. The van der Waals surface area contributed by atoms with E-state index in [1.165, 1.54) is 29.2 Å². The third-order valence-corrected chi connectivity index (χ3v) is 10.7. The van der Waals surface area contributed by atoms with Gasteiger partial charge in [0.15, 0.2) is 0 Å². The average molecular weight is 730 g/mol. The fraction of sp³-hybridized carbons (Fsp3) is 0.394. The number of nitrogens with zero attached hydrogens (tertiary/aromatic N) is 2. The summed E-state index contributed by atoms with van der Waals surface area (Å²) >= 11 is 0. The van der Waals surface area contributed by atoms with E-state index in [0.717, 1.165) is 10.4 Å². The van der Waals surface area contributed by atoms with E-state index in [4.69, 9.17) is 4.74 Å². The van der Waals surface area contributed by atoms with Gasteiger partial charge in [-0.1, -0.05) is 48.0 Å². The molecule has 2 aliphatic heterocycles. The minimum Gasteiger partial charge on any atom is -0.449 e. The Kier molecular flexibility index (Phi) is 9.90. The zero-order chi connectivity index (χ0) is 36.8. The molecule has 3 atom stereocenters. The Balaban J connectivity index is 1.50. The van der Waals surface area contributed by atoms with Crippen LogP contribution >= 0.6 is 0 Å². The molecule has 3 N–H and O–H groups in total. The highest BCUT2D eigenvalue weighted by molar-refractivity contribution is 7.92. The summed E-state index contributed by atoms with van der Waals surface area (Å²) in [5, 5.41) is 23.8. The molecule has 50 heavy (non-hydrogen) atoms. The predicted octanol–water partition coefficient (Wildman–Crippen LogP) is 5.40. The minimum absolute atomic E-state index is 0.0543. The van der Waals surface area contributed by atoms with Crippen LogP contribution in [-0.2, 0) is 31.6 Å². The molecule has 0 saturated heterocycles. The zero-order valence-electron chi connectivity index (χ0n) is 26.6. The molecule has 0 aromatic heterocycles. The number of aliphatic hydroxyl groups excluding tert-OH is 1. The van der Waals surface area contributed by atoms with Crippen LogP contribution in [-0.4, -0.2) is 68.2 Å². The predicted molar refractivity (Wildman–Crippen MR) is 168 cm³/mol. The Hall–Kier alpha value is -4.35. The van der Waals surface area contributed by atoms with Gasteiger partial charge in [0.2, 0.25) is 5.91 Å². The Labute approximate surface area is 283 Å². The molecular formula is C33H33F6N3O7S. The molecule has 0 radical (unpaired) electrons. The molecular weight excluding hydrogens is 696 g/mol. The van der Waals surface area contributed by atoms with Crippen molar-refractivity contribution in [2.75, 3.05) is 22.4 Å². The first-order valence-electron chi connectivity index (χ1n) is 15.4. The van der Waals surface area contributed by atoms with E-state index in [2.05, 4.69) is 5.32 Å². The SMILES string of the molecule is CCOC(=O)N1CC(NC(=O)C[C@@H]2CCc3cc(C(O)(C(F)(F)F)C(F)(F)F)ccc3N2S(=O)(=O)c2ccc(C)cc2)C(O)c2ccccc21. The summed E-state index contributed by atoms with van der Waals surface area (Å²) < 4.78 is 116. The third kappa shape index (κ3) is 6.60. The van der Waals surface area contributed by atoms with Crippen LogP contribution in [0, 0.1) is 6.92 Å². The van der Waals surface area contributed by atoms with Crippen LogP contribution in [0.25, 0.3) is 0 Å². The van der Waals surface area contributed by atoms with Gasteiger partial charge >= 0.3 is 18.4 Å². The molecule has 2 unspecified atom stereocenters. The van der Waals surface area contributed by atoms with Gasteiger partial charge in [-0.3, -0.25) is 14.0 Å². The molecule has 270 valence electrons. The number of hydrogen-bond donors (Lipinski definition) is 3. The quantitative estimate of drug-likeness (QED) is 0.277. The van der Waals surface area contributed by atoms with Gasteiger partial charge in [0.05, 0.1) is 41.5 Å². The number of amides is 2. The zero-order valence-corrected chi connectivity index (χ0v) is 27.4. The topological polar surface area (TPSA) is 136 Å². The number of para-hydroxylation sites is 1. The number of anilines is 2. The molecule has 3 aromatic rings. The lowest BCUT2D eigenvalue weighted by Crippen LogP contribution is -2.54. The number of halogens is 6. The van der Waals surface area contributed by atoms with Crippen LogP contribution in [0.5, 0.6) is 0 Å². The smallest absolute Gasteiger partial charge is 0.430 e. The molecule has 2 amide bonds. The number of aryl methyl sites for hydroxylation is 2. The number of sulfonamides is 1.